The molecule has 1 atom stereocenters. The van der Waals surface area contributed by atoms with Crippen molar-refractivity contribution in [2.75, 3.05) is 0 Å². The Bertz CT molecular complexity index is 472. The van der Waals surface area contributed by atoms with Gasteiger partial charge in [-0.05, 0) is 47.1 Å². The Morgan fingerprint density at radius 1 is 1.39 bits per heavy atom. The van der Waals surface area contributed by atoms with Crippen molar-refractivity contribution in [1.29, 1.82) is 0 Å². The molecule has 0 spiro atoms. The van der Waals surface area contributed by atoms with Crippen LogP contribution >= 0.6 is 22.6 Å². The van der Waals surface area contributed by atoms with Crippen LogP contribution in [0.15, 0.2) is 24.3 Å². The minimum atomic E-state index is -0.617. The van der Waals surface area contributed by atoms with Crippen LogP contribution in [-0.2, 0) is 16.0 Å². The second-order valence-corrected chi connectivity index (χ2v) is 5.70. The number of nitrogens with one attached hydrogen (secondary N) is 1. The Morgan fingerprint density at radius 2 is 2.06 bits per heavy atom. The quantitative estimate of drug-likeness (QED) is 0.777. The molecule has 4 nitrogen and oxygen atoms in total. The molecule has 18 heavy (non-hydrogen) atoms. The van der Waals surface area contributed by atoms with Gasteiger partial charge in [-0.3, -0.25) is 9.59 Å². The lowest BCUT2D eigenvalue weighted by Gasteiger charge is -2.16. The van der Waals surface area contributed by atoms with E-state index in [0.717, 1.165) is 22.0 Å². The molecular formula is C13H15IN2O2. The zero-order valence-corrected chi connectivity index (χ0v) is 12.0. The Morgan fingerprint density at radius 3 is 2.61 bits per heavy atom. The maximum Gasteiger partial charge on any atom is 0.240 e. The molecule has 3 N–H and O–H groups in total. The van der Waals surface area contributed by atoms with Crippen LogP contribution in [-0.4, -0.2) is 17.9 Å². The van der Waals surface area contributed by atoms with E-state index < -0.39 is 11.9 Å². The Kier molecular flexibility index (Phi) is 4.21. The zero-order valence-electron chi connectivity index (χ0n) is 9.86. The molecule has 0 aliphatic heterocycles. The van der Waals surface area contributed by atoms with E-state index >= 15 is 0 Å². The first kappa shape index (κ1) is 13.3. The topological polar surface area (TPSA) is 72.2 Å². The summed E-state index contributed by atoms with van der Waals surface area (Å²) in [4.78, 5) is 23.1. The maximum absolute atomic E-state index is 11.7. The number of carbonyl (C=O) groups is 2. The summed E-state index contributed by atoms with van der Waals surface area (Å²) < 4.78 is 1.07. The molecule has 1 saturated carbocycles. The van der Waals surface area contributed by atoms with Gasteiger partial charge in [-0.1, -0.05) is 18.2 Å². The average molecular weight is 358 g/mol. The van der Waals surface area contributed by atoms with E-state index in [0.29, 0.717) is 6.42 Å². The molecule has 0 saturated heterocycles. The fourth-order valence-electron chi connectivity index (χ4n) is 1.74. The van der Waals surface area contributed by atoms with Gasteiger partial charge >= 0.3 is 0 Å². The van der Waals surface area contributed by atoms with E-state index in [1.165, 1.54) is 0 Å². The molecule has 0 aromatic heterocycles. The van der Waals surface area contributed by atoms with Crippen LogP contribution in [0.4, 0.5) is 0 Å². The van der Waals surface area contributed by atoms with Gasteiger partial charge in [0.05, 0.1) is 0 Å². The highest BCUT2D eigenvalue weighted by atomic mass is 127. The van der Waals surface area contributed by atoms with Crippen LogP contribution in [0.2, 0.25) is 0 Å². The molecular weight excluding hydrogens is 343 g/mol. The summed E-state index contributed by atoms with van der Waals surface area (Å²) in [6.07, 6.45) is 2.28. The van der Waals surface area contributed by atoms with E-state index in [4.69, 9.17) is 5.73 Å². The summed E-state index contributed by atoms with van der Waals surface area (Å²) in [5, 5.41) is 2.74. The lowest BCUT2D eigenvalue weighted by Crippen LogP contribution is -2.46. The first-order valence-electron chi connectivity index (χ1n) is 5.91. The number of amides is 2. The third-order valence-electron chi connectivity index (χ3n) is 2.99. The Hall–Kier alpha value is -1.11. The third-order valence-corrected chi connectivity index (χ3v) is 4.04. The normalized spacial score (nSPS) is 16.1. The van der Waals surface area contributed by atoms with Gasteiger partial charge in [-0.25, -0.2) is 0 Å². The molecule has 0 heterocycles. The van der Waals surface area contributed by atoms with Gasteiger partial charge in [0, 0.05) is 15.9 Å². The van der Waals surface area contributed by atoms with Crippen molar-refractivity contribution in [3.63, 3.8) is 0 Å². The largest absolute Gasteiger partial charge is 0.368 e. The van der Waals surface area contributed by atoms with Crippen molar-refractivity contribution < 1.29 is 9.59 Å². The molecule has 5 heteroatoms. The van der Waals surface area contributed by atoms with E-state index in [-0.39, 0.29) is 11.8 Å². The Labute approximate surface area is 119 Å². The van der Waals surface area contributed by atoms with Gasteiger partial charge in [0.1, 0.15) is 6.04 Å². The highest BCUT2D eigenvalue weighted by Gasteiger charge is 2.32. The predicted molar refractivity (Wildman–Crippen MR) is 76.7 cm³/mol. The highest BCUT2D eigenvalue weighted by molar-refractivity contribution is 14.1. The number of primary amides is 1. The fraction of sp³-hybridized carbons (Fsp3) is 0.385. The summed E-state index contributed by atoms with van der Waals surface area (Å²) in [5.41, 5.74) is 6.37. The van der Waals surface area contributed by atoms with Crippen LogP contribution in [0.5, 0.6) is 0 Å². The summed E-state index contributed by atoms with van der Waals surface area (Å²) in [6.45, 7) is 0. The molecule has 1 aliphatic carbocycles. The minimum absolute atomic E-state index is 0.0512. The maximum atomic E-state index is 11.7. The monoisotopic (exact) mass is 358 g/mol. The molecule has 96 valence electrons. The number of hydrogen-bond donors (Lipinski definition) is 2. The summed E-state index contributed by atoms with van der Waals surface area (Å²) >= 11 is 2.21. The van der Waals surface area contributed by atoms with Gasteiger partial charge in [0.25, 0.3) is 0 Å². The summed E-state index contributed by atoms with van der Waals surface area (Å²) in [7, 11) is 0. The van der Waals surface area contributed by atoms with Crippen LogP contribution in [0.25, 0.3) is 0 Å². The smallest absolute Gasteiger partial charge is 0.240 e. The second-order valence-electron chi connectivity index (χ2n) is 4.53. The van der Waals surface area contributed by atoms with Crippen molar-refractivity contribution in [3.8, 4) is 0 Å². The van der Waals surface area contributed by atoms with Crippen LogP contribution in [0.1, 0.15) is 18.4 Å². The van der Waals surface area contributed by atoms with Gasteiger partial charge in [-0.2, -0.15) is 0 Å². The SMILES string of the molecule is NC(=O)[C@H](Cc1ccccc1I)NC(=O)C1CC1. The van der Waals surface area contributed by atoms with Gasteiger partial charge in [0.15, 0.2) is 0 Å². The lowest BCUT2D eigenvalue weighted by molar-refractivity contribution is -0.128. The minimum Gasteiger partial charge on any atom is -0.368 e. The number of benzene rings is 1. The molecule has 1 aromatic rings. The predicted octanol–water partition coefficient (Wildman–Crippen LogP) is 1.21. The van der Waals surface area contributed by atoms with Gasteiger partial charge in [0.2, 0.25) is 11.8 Å². The number of nitrogens with two attached hydrogens (primary N) is 1. The molecule has 0 bridgehead atoms. The van der Waals surface area contributed by atoms with E-state index in [1.807, 2.05) is 24.3 Å². The standard InChI is InChI=1S/C13H15IN2O2/c14-10-4-2-1-3-9(10)7-11(12(15)17)16-13(18)8-5-6-8/h1-4,8,11H,5-7H2,(H2,15,17)(H,16,18)/t11-/m0/s1. The van der Waals surface area contributed by atoms with E-state index in [2.05, 4.69) is 27.9 Å². The van der Waals surface area contributed by atoms with Gasteiger partial charge in [-0.15, -0.1) is 0 Å². The number of rotatable bonds is 5. The number of carbonyl (C=O) groups excluding carboxylic acids is 2. The van der Waals surface area contributed by atoms with Crippen LogP contribution in [0, 0.1) is 9.49 Å². The van der Waals surface area contributed by atoms with Crippen molar-refractivity contribution in [2.45, 2.75) is 25.3 Å². The molecule has 0 unspecified atom stereocenters. The molecule has 2 amide bonds. The second kappa shape index (κ2) is 5.69. The average Bonchev–Trinajstić information content (AvgIpc) is 3.14. The third kappa shape index (κ3) is 3.44. The molecule has 1 fully saturated rings. The highest BCUT2D eigenvalue weighted by Crippen LogP contribution is 2.29. The molecule has 2 rings (SSSR count). The van der Waals surface area contributed by atoms with Crippen molar-refractivity contribution in [2.24, 2.45) is 11.7 Å². The number of halogens is 1. The fourth-order valence-corrected chi connectivity index (χ4v) is 2.35. The molecule has 1 aliphatic rings. The summed E-state index contributed by atoms with van der Waals surface area (Å²) in [5.74, 6) is -0.449. The van der Waals surface area contributed by atoms with Crippen molar-refractivity contribution in [1.82, 2.24) is 5.32 Å². The lowest BCUT2D eigenvalue weighted by atomic mass is 10.1. The summed E-state index contributed by atoms with van der Waals surface area (Å²) in [6, 6.07) is 7.15. The van der Waals surface area contributed by atoms with Crippen molar-refractivity contribution in [3.05, 3.63) is 33.4 Å². The van der Waals surface area contributed by atoms with Crippen LogP contribution in [0.3, 0.4) is 0 Å². The van der Waals surface area contributed by atoms with E-state index in [1.54, 1.807) is 0 Å². The first-order valence-corrected chi connectivity index (χ1v) is 6.99. The van der Waals surface area contributed by atoms with Crippen molar-refractivity contribution >= 4 is 34.4 Å². The zero-order chi connectivity index (χ0) is 13.1. The van der Waals surface area contributed by atoms with E-state index in [9.17, 15) is 9.59 Å². The number of hydrogen-bond acceptors (Lipinski definition) is 2. The van der Waals surface area contributed by atoms with Crippen LogP contribution < -0.4 is 11.1 Å². The Balaban J connectivity index is 2.04. The molecule has 1 aromatic carbocycles. The van der Waals surface area contributed by atoms with Gasteiger partial charge < -0.3 is 11.1 Å². The first-order chi connectivity index (χ1) is 8.58. The molecule has 0 radical (unpaired) electrons.